The molecule has 0 unspecified atom stereocenters. The van der Waals surface area contributed by atoms with Crippen molar-refractivity contribution in [1.82, 2.24) is 9.97 Å². The maximum atomic E-state index is 5.30. The first-order valence-corrected chi connectivity index (χ1v) is 9.73. The Kier molecular flexibility index (Phi) is 3.38. The molecule has 0 spiro atoms. The number of benzene rings is 2. The predicted molar refractivity (Wildman–Crippen MR) is 103 cm³/mol. The molecular weight excluding hydrogens is 334 g/mol. The Hall–Kier alpha value is -1.85. The van der Waals surface area contributed by atoms with Crippen molar-refractivity contribution < 1.29 is 0 Å². The van der Waals surface area contributed by atoms with E-state index in [0.717, 1.165) is 29.6 Å². The number of aryl methyl sites for hydroxylation is 1. The zero-order valence-electron chi connectivity index (χ0n) is 13.1. The predicted octanol–water partition coefficient (Wildman–Crippen LogP) is 5.56. The van der Waals surface area contributed by atoms with Crippen LogP contribution in [0.1, 0.15) is 30.0 Å². The topological polar surface area (TPSA) is 40.7 Å². The van der Waals surface area contributed by atoms with Gasteiger partial charge in [0.15, 0.2) is 4.77 Å². The van der Waals surface area contributed by atoms with E-state index < -0.39 is 0 Å². The fourth-order valence-electron chi connectivity index (χ4n) is 3.49. The second-order valence-electron chi connectivity index (χ2n) is 6.44. The van der Waals surface area contributed by atoms with Gasteiger partial charge in [-0.2, -0.15) is 0 Å². The minimum absolute atomic E-state index is 0.553. The number of thioether (sulfide) groups is 1. The van der Waals surface area contributed by atoms with Gasteiger partial charge in [0, 0.05) is 22.5 Å². The zero-order valence-corrected chi connectivity index (χ0v) is 14.8. The van der Waals surface area contributed by atoms with E-state index in [1.54, 1.807) is 0 Å². The van der Waals surface area contributed by atoms with Crippen LogP contribution in [0.3, 0.4) is 0 Å². The highest BCUT2D eigenvalue weighted by Gasteiger charge is 2.26. The average molecular weight is 352 g/mol. The van der Waals surface area contributed by atoms with Crippen LogP contribution in [-0.2, 0) is 6.42 Å². The molecule has 2 N–H and O–H groups in total. The summed E-state index contributed by atoms with van der Waals surface area (Å²) in [4.78, 5) is 8.98. The molecule has 1 saturated carbocycles. The molecular formula is C19H17N3S2. The largest absolute Gasteiger partial charge is 0.339 e. The second-order valence-corrected chi connectivity index (χ2v) is 7.94. The summed E-state index contributed by atoms with van der Waals surface area (Å²) in [5.41, 5.74) is 3.80. The average Bonchev–Trinajstić information content (AvgIpc) is 3.32. The van der Waals surface area contributed by atoms with Crippen LogP contribution in [0.5, 0.6) is 0 Å². The minimum atomic E-state index is 0.553. The van der Waals surface area contributed by atoms with E-state index >= 15 is 0 Å². The molecule has 5 rings (SSSR count). The van der Waals surface area contributed by atoms with Crippen LogP contribution in [0.4, 0.5) is 11.5 Å². The first kappa shape index (κ1) is 14.5. The molecule has 2 heterocycles. The molecule has 2 aromatic carbocycles. The standard InChI is InChI=1S/C19H17N3S2/c23-19-21-16-9-10-24-17(16)18(22-19)20-15-8-7-12(11-5-6-11)13-3-1-2-4-14(13)15/h1-4,7-8,11H,5-6,9-10H2,(H2,20,21,22,23). The molecule has 1 aliphatic carbocycles. The first-order valence-electron chi connectivity index (χ1n) is 8.34. The van der Waals surface area contributed by atoms with Crippen molar-refractivity contribution in [3.05, 3.63) is 52.4 Å². The SMILES string of the molecule is S=c1nc(Nc2ccc(C3CC3)c3ccccc23)c2c([nH]1)CCS2. The highest BCUT2D eigenvalue weighted by Crippen LogP contribution is 2.45. The molecule has 120 valence electrons. The third-order valence-electron chi connectivity index (χ3n) is 4.79. The van der Waals surface area contributed by atoms with Gasteiger partial charge in [-0.25, -0.2) is 4.98 Å². The molecule has 0 saturated heterocycles. The Morgan fingerprint density at radius 1 is 1.12 bits per heavy atom. The summed E-state index contributed by atoms with van der Waals surface area (Å²) >= 11 is 7.14. The van der Waals surface area contributed by atoms with Gasteiger partial charge >= 0.3 is 0 Å². The number of rotatable bonds is 3. The van der Waals surface area contributed by atoms with Crippen molar-refractivity contribution in [3.8, 4) is 0 Å². The van der Waals surface area contributed by atoms with E-state index in [9.17, 15) is 0 Å². The lowest BCUT2D eigenvalue weighted by atomic mass is 9.99. The van der Waals surface area contributed by atoms with E-state index in [4.69, 9.17) is 12.2 Å². The van der Waals surface area contributed by atoms with Gasteiger partial charge in [-0.05, 0) is 54.4 Å². The Labute approximate surface area is 149 Å². The number of H-pyrrole nitrogens is 1. The van der Waals surface area contributed by atoms with Crippen molar-refractivity contribution >= 4 is 46.3 Å². The fourth-order valence-corrected chi connectivity index (χ4v) is 4.78. The normalized spacial score (nSPS) is 16.3. The van der Waals surface area contributed by atoms with Crippen molar-refractivity contribution in [2.24, 2.45) is 0 Å². The second kappa shape index (κ2) is 5.60. The van der Waals surface area contributed by atoms with E-state index in [-0.39, 0.29) is 0 Å². The molecule has 0 amide bonds. The quantitative estimate of drug-likeness (QED) is 0.606. The summed E-state index contributed by atoms with van der Waals surface area (Å²) in [6.07, 6.45) is 3.66. The molecule has 0 radical (unpaired) electrons. The molecule has 1 fully saturated rings. The van der Waals surface area contributed by atoms with Crippen molar-refractivity contribution in [2.75, 3.05) is 11.1 Å². The van der Waals surface area contributed by atoms with Gasteiger partial charge < -0.3 is 10.3 Å². The van der Waals surface area contributed by atoms with Crippen LogP contribution in [0.25, 0.3) is 10.8 Å². The third kappa shape index (κ3) is 2.43. The summed E-state index contributed by atoms with van der Waals surface area (Å²) in [5, 5.41) is 6.18. The van der Waals surface area contributed by atoms with E-state index in [1.807, 2.05) is 11.8 Å². The number of hydrogen-bond acceptors (Lipinski definition) is 4. The minimum Gasteiger partial charge on any atom is -0.339 e. The van der Waals surface area contributed by atoms with E-state index in [1.165, 1.54) is 39.8 Å². The van der Waals surface area contributed by atoms with Crippen LogP contribution in [0, 0.1) is 4.77 Å². The molecule has 0 atom stereocenters. The van der Waals surface area contributed by atoms with Crippen molar-refractivity contribution in [1.29, 1.82) is 0 Å². The number of nitrogens with one attached hydrogen (secondary N) is 2. The van der Waals surface area contributed by atoms with Gasteiger partial charge in [0.1, 0.15) is 5.82 Å². The molecule has 0 bridgehead atoms. The molecule has 2 aliphatic rings. The molecule has 1 aromatic heterocycles. The Morgan fingerprint density at radius 2 is 1.96 bits per heavy atom. The highest BCUT2D eigenvalue weighted by molar-refractivity contribution is 7.99. The van der Waals surface area contributed by atoms with Gasteiger partial charge in [-0.15, -0.1) is 11.8 Å². The maximum absolute atomic E-state index is 5.30. The molecule has 3 aromatic rings. The van der Waals surface area contributed by atoms with Gasteiger partial charge in [0.25, 0.3) is 0 Å². The Morgan fingerprint density at radius 3 is 2.79 bits per heavy atom. The van der Waals surface area contributed by atoms with Gasteiger partial charge in [0.05, 0.1) is 4.90 Å². The lowest BCUT2D eigenvalue weighted by Crippen LogP contribution is -2.00. The first-order chi connectivity index (χ1) is 11.8. The maximum Gasteiger partial charge on any atom is 0.199 e. The highest BCUT2D eigenvalue weighted by atomic mass is 32.2. The Bertz CT molecular complexity index is 1010. The smallest absolute Gasteiger partial charge is 0.199 e. The number of hydrogen-bond donors (Lipinski definition) is 2. The number of aromatic nitrogens is 2. The van der Waals surface area contributed by atoms with Gasteiger partial charge in [0.2, 0.25) is 0 Å². The van der Waals surface area contributed by atoms with Gasteiger partial charge in [-0.1, -0.05) is 30.3 Å². The summed E-state index contributed by atoms with van der Waals surface area (Å²) in [6, 6.07) is 13.1. The number of anilines is 2. The summed E-state index contributed by atoms with van der Waals surface area (Å²) in [5.74, 6) is 2.72. The fraction of sp³-hybridized carbons (Fsp3) is 0.263. The number of fused-ring (bicyclic) bond motifs is 2. The number of aromatic amines is 1. The van der Waals surface area contributed by atoms with E-state index in [0.29, 0.717) is 4.77 Å². The van der Waals surface area contributed by atoms with Crippen LogP contribution in [-0.4, -0.2) is 15.7 Å². The van der Waals surface area contributed by atoms with Crippen LogP contribution in [0.15, 0.2) is 41.3 Å². The summed E-state index contributed by atoms with van der Waals surface area (Å²) < 4.78 is 0.553. The Balaban J connectivity index is 1.64. The van der Waals surface area contributed by atoms with Crippen LogP contribution in [0.2, 0.25) is 0 Å². The van der Waals surface area contributed by atoms with E-state index in [2.05, 4.69) is 51.7 Å². The zero-order chi connectivity index (χ0) is 16.1. The molecule has 5 heteroatoms. The monoisotopic (exact) mass is 351 g/mol. The number of nitrogens with zero attached hydrogens (tertiary/aromatic N) is 1. The van der Waals surface area contributed by atoms with Crippen LogP contribution < -0.4 is 5.32 Å². The molecule has 24 heavy (non-hydrogen) atoms. The summed E-state index contributed by atoms with van der Waals surface area (Å²) in [7, 11) is 0. The summed E-state index contributed by atoms with van der Waals surface area (Å²) in [6.45, 7) is 0. The lowest BCUT2D eigenvalue weighted by molar-refractivity contribution is 0.965. The molecule has 3 nitrogen and oxygen atoms in total. The molecule has 1 aliphatic heterocycles. The van der Waals surface area contributed by atoms with Crippen molar-refractivity contribution in [2.45, 2.75) is 30.1 Å². The lowest BCUT2D eigenvalue weighted by Gasteiger charge is -2.14. The van der Waals surface area contributed by atoms with Crippen LogP contribution >= 0.6 is 24.0 Å². The third-order valence-corrected chi connectivity index (χ3v) is 6.12. The van der Waals surface area contributed by atoms with Gasteiger partial charge in [-0.3, -0.25) is 0 Å². The van der Waals surface area contributed by atoms with Crippen molar-refractivity contribution in [3.63, 3.8) is 0 Å².